The Morgan fingerprint density at radius 2 is 1.53 bits per heavy atom. The summed E-state index contributed by atoms with van der Waals surface area (Å²) in [5.41, 5.74) is 5.37. The molecule has 0 atom stereocenters. The van der Waals surface area contributed by atoms with E-state index in [2.05, 4.69) is 5.32 Å². The van der Waals surface area contributed by atoms with Crippen molar-refractivity contribution >= 4 is 23.1 Å². The molecule has 1 amide bonds. The maximum Gasteiger partial charge on any atom is 0.233 e. The molecular formula is C15H22N2OS. The van der Waals surface area contributed by atoms with Crippen LogP contribution in [0.25, 0.3) is 0 Å². The average Bonchev–Trinajstić information content (AvgIpc) is 3.06. The van der Waals surface area contributed by atoms with E-state index in [1.807, 2.05) is 0 Å². The van der Waals surface area contributed by atoms with Gasteiger partial charge in [-0.25, -0.2) is 0 Å². The van der Waals surface area contributed by atoms with Crippen molar-refractivity contribution in [2.75, 3.05) is 0 Å². The highest BCUT2D eigenvalue weighted by Gasteiger charge is 2.57. The highest BCUT2D eigenvalue weighted by Crippen LogP contribution is 2.56. The van der Waals surface area contributed by atoms with Crippen molar-refractivity contribution in [3.8, 4) is 0 Å². The van der Waals surface area contributed by atoms with Crippen molar-refractivity contribution in [1.29, 1.82) is 0 Å². The summed E-state index contributed by atoms with van der Waals surface area (Å²) in [7, 11) is 0. The van der Waals surface area contributed by atoms with Gasteiger partial charge in [0.05, 0.1) is 10.4 Å². The van der Waals surface area contributed by atoms with Gasteiger partial charge in [-0.2, -0.15) is 0 Å². The number of carbonyl (C=O) groups excluding carboxylic acids is 1. The minimum Gasteiger partial charge on any atom is -0.392 e. The van der Waals surface area contributed by atoms with E-state index in [0.29, 0.717) is 4.99 Å². The quantitative estimate of drug-likeness (QED) is 0.778. The number of nitrogens with one attached hydrogen (secondary N) is 1. The fourth-order valence-electron chi connectivity index (χ4n) is 5.33. The van der Waals surface area contributed by atoms with Gasteiger partial charge in [0.1, 0.15) is 0 Å². The molecule has 0 aromatic carbocycles. The molecule has 19 heavy (non-hydrogen) atoms. The zero-order chi connectivity index (χ0) is 13.3. The lowest BCUT2D eigenvalue weighted by Crippen LogP contribution is -2.61. The number of nitrogens with two attached hydrogens (primary N) is 1. The minimum absolute atomic E-state index is 0.0895. The Balaban J connectivity index is 1.54. The molecule has 5 rings (SSSR count). The molecule has 0 radical (unpaired) electrons. The maximum absolute atomic E-state index is 12.6. The molecule has 0 aromatic rings. The van der Waals surface area contributed by atoms with Crippen LogP contribution in [-0.4, -0.2) is 16.4 Å². The lowest BCUT2D eigenvalue weighted by molar-refractivity contribution is -0.129. The molecule has 4 bridgehead atoms. The summed E-state index contributed by atoms with van der Waals surface area (Å²) >= 11 is 5.10. The molecule has 0 aromatic heterocycles. The molecule has 4 heteroatoms. The predicted molar refractivity (Wildman–Crippen MR) is 77.5 cm³/mol. The molecule has 5 fully saturated rings. The first-order valence-corrected chi connectivity index (χ1v) is 8.05. The van der Waals surface area contributed by atoms with E-state index in [9.17, 15) is 4.79 Å². The second-order valence-electron chi connectivity index (χ2n) is 7.60. The Morgan fingerprint density at radius 3 is 1.89 bits per heavy atom. The zero-order valence-corrected chi connectivity index (χ0v) is 12.1. The molecule has 104 valence electrons. The third-order valence-corrected chi connectivity index (χ3v) is 6.46. The van der Waals surface area contributed by atoms with Crippen LogP contribution in [0.3, 0.4) is 0 Å². The molecule has 0 aliphatic heterocycles. The van der Waals surface area contributed by atoms with Gasteiger partial charge >= 0.3 is 0 Å². The number of amides is 1. The molecule has 5 aliphatic carbocycles. The average molecular weight is 278 g/mol. The van der Waals surface area contributed by atoms with Gasteiger partial charge in [0, 0.05) is 5.54 Å². The number of carbonyl (C=O) groups is 1. The Kier molecular flexibility index (Phi) is 2.37. The van der Waals surface area contributed by atoms with E-state index in [0.717, 1.165) is 30.6 Å². The molecule has 5 saturated carbocycles. The summed E-state index contributed by atoms with van der Waals surface area (Å²) in [6, 6.07) is 0. The van der Waals surface area contributed by atoms with E-state index in [-0.39, 0.29) is 11.4 Å². The van der Waals surface area contributed by atoms with Crippen LogP contribution < -0.4 is 11.1 Å². The van der Waals surface area contributed by atoms with Gasteiger partial charge in [-0.1, -0.05) is 12.2 Å². The summed E-state index contributed by atoms with van der Waals surface area (Å²) in [4.78, 5) is 13.0. The molecule has 3 nitrogen and oxygen atoms in total. The maximum atomic E-state index is 12.6. The molecular weight excluding hydrogens is 256 g/mol. The highest BCUT2D eigenvalue weighted by atomic mass is 32.1. The smallest absolute Gasteiger partial charge is 0.233 e. The fourth-order valence-corrected chi connectivity index (χ4v) is 5.63. The number of hydrogen-bond acceptors (Lipinski definition) is 2. The third-order valence-electron chi connectivity index (χ3n) is 6.07. The van der Waals surface area contributed by atoms with Crippen LogP contribution in [0.2, 0.25) is 0 Å². The third kappa shape index (κ3) is 1.75. The van der Waals surface area contributed by atoms with Crippen molar-refractivity contribution < 1.29 is 4.79 Å². The second kappa shape index (κ2) is 3.72. The van der Waals surface area contributed by atoms with Crippen LogP contribution in [-0.2, 0) is 4.79 Å². The van der Waals surface area contributed by atoms with Crippen molar-refractivity contribution in [2.45, 2.75) is 56.9 Å². The van der Waals surface area contributed by atoms with Crippen LogP contribution in [0.5, 0.6) is 0 Å². The molecule has 0 heterocycles. The number of hydrogen-bond donors (Lipinski definition) is 2. The van der Waals surface area contributed by atoms with Gasteiger partial charge in [-0.15, -0.1) is 0 Å². The summed E-state index contributed by atoms with van der Waals surface area (Å²) in [6.07, 6.45) is 9.47. The lowest BCUT2D eigenvalue weighted by atomic mass is 9.53. The highest BCUT2D eigenvalue weighted by molar-refractivity contribution is 7.80. The van der Waals surface area contributed by atoms with Gasteiger partial charge < -0.3 is 11.1 Å². The molecule has 0 saturated heterocycles. The van der Waals surface area contributed by atoms with E-state index in [1.165, 1.54) is 38.5 Å². The number of rotatable bonds is 3. The number of thiocarbonyl (C=S) groups is 1. The van der Waals surface area contributed by atoms with E-state index < -0.39 is 5.41 Å². The summed E-state index contributed by atoms with van der Waals surface area (Å²) in [5.74, 6) is 2.69. The van der Waals surface area contributed by atoms with Gasteiger partial charge in [0.2, 0.25) is 5.91 Å². The monoisotopic (exact) mass is 278 g/mol. The van der Waals surface area contributed by atoms with E-state index in [4.69, 9.17) is 18.0 Å². The molecule has 0 unspecified atom stereocenters. The van der Waals surface area contributed by atoms with Gasteiger partial charge in [-0.05, 0) is 69.1 Å². The summed E-state index contributed by atoms with van der Waals surface area (Å²) in [5, 5.41) is 3.40. The van der Waals surface area contributed by atoms with Crippen LogP contribution >= 0.6 is 12.2 Å². The first kappa shape index (κ1) is 12.1. The summed E-state index contributed by atoms with van der Waals surface area (Å²) < 4.78 is 0. The summed E-state index contributed by atoms with van der Waals surface area (Å²) in [6.45, 7) is 0. The van der Waals surface area contributed by atoms with Crippen LogP contribution in [0.1, 0.15) is 51.4 Å². The lowest BCUT2D eigenvalue weighted by Gasteiger charge is -2.57. The SMILES string of the molecule is NC(=S)C1(C(=O)NC23CC4CC(CC(C4)C2)C3)CC1. The van der Waals surface area contributed by atoms with Crippen molar-refractivity contribution in [2.24, 2.45) is 28.9 Å². The Labute approximate surface area is 119 Å². The van der Waals surface area contributed by atoms with Crippen molar-refractivity contribution in [3.05, 3.63) is 0 Å². The minimum atomic E-state index is -0.487. The van der Waals surface area contributed by atoms with E-state index in [1.54, 1.807) is 0 Å². The normalized spacial score (nSPS) is 44.9. The van der Waals surface area contributed by atoms with Gasteiger partial charge in [0.25, 0.3) is 0 Å². The Bertz CT molecular complexity index is 420. The molecule has 3 N–H and O–H groups in total. The van der Waals surface area contributed by atoms with Crippen LogP contribution in [0.15, 0.2) is 0 Å². The largest absolute Gasteiger partial charge is 0.392 e. The fraction of sp³-hybridized carbons (Fsp3) is 0.867. The van der Waals surface area contributed by atoms with Crippen LogP contribution in [0.4, 0.5) is 0 Å². The topological polar surface area (TPSA) is 55.1 Å². The van der Waals surface area contributed by atoms with Crippen molar-refractivity contribution in [3.63, 3.8) is 0 Å². The molecule has 0 spiro atoms. The van der Waals surface area contributed by atoms with E-state index >= 15 is 0 Å². The van der Waals surface area contributed by atoms with Gasteiger partial charge in [0.15, 0.2) is 0 Å². The zero-order valence-electron chi connectivity index (χ0n) is 11.3. The van der Waals surface area contributed by atoms with Gasteiger partial charge in [-0.3, -0.25) is 4.79 Å². The second-order valence-corrected chi connectivity index (χ2v) is 8.04. The Hall–Kier alpha value is -0.640. The standard InChI is InChI=1S/C15H22N2OS/c16-12(19)15(1-2-15)13(18)17-14-6-9-3-10(7-14)5-11(4-9)8-14/h9-11H,1-8H2,(H2,16,19)(H,17,18). The predicted octanol–water partition coefficient (Wildman–Crippen LogP) is 2.14. The first-order valence-electron chi connectivity index (χ1n) is 7.64. The van der Waals surface area contributed by atoms with Crippen molar-refractivity contribution in [1.82, 2.24) is 5.32 Å². The molecule has 5 aliphatic rings. The Morgan fingerprint density at radius 1 is 1.05 bits per heavy atom. The van der Waals surface area contributed by atoms with Crippen LogP contribution in [0, 0.1) is 23.2 Å². The first-order chi connectivity index (χ1) is 9.01.